The van der Waals surface area contributed by atoms with Crippen molar-refractivity contribution in [3.63, 3.8) is 0 Å². The Morgan fingerprint density at radius 1 is 1.20 bits per heavy atom. The fourth-order valence-electron chi connectivity index (χ4n) is 1.58. The van der Waals surface area contributed by atoms with E-state index >= 15 is 0 Å². The van der Waals surface area contributed by atoms with Gasteiger partial charge in [-0.1, -0.05) is 12.1 Å². The largest absolute Gasteiger partial charge is 0.497 e. The van der Waals surface area contributed by atoms with Gasteiger partial charge >= 0.3 is 11.9 Å². The highest BCUT2D eigenvalue weighted by Gasteiger charge is 2.34. The molecule has 1 rings (SSSR count). The summed E-state index contributed by atoms with van der Waals surface area (Å²) in [5, 5.41) is 15.5. The Balaban J connectivity index is 2.96. The molecular formula is C12H14O7S. The van der Waals surface area contributed by atoms with Crippen molar-refractivity contribution in [3.05, 3.63) is 29.8 Å². The molecule has 0 aliphatic heterocycles. The highest BCUT2D eigenvalue weighted by atomic mass is 32.2. The standard InChI is InChI=1S/C12H14O7S/c1-19-9-4-2-8(3-5-9)7-20(17,18)10(12(15)16)6-11(13)14/h2-5,10H,6-7H2,1H3,(H,13,14)(H,15,16)/t10-/m0/s1. The smallest absolute Gasteiger partial charge is 0.322 e. The molecule has 1 atom stereocenters. The van der Waals surface area contributed by atoms with E-state index in [2.05, 4.69) is 0 Å². The molecule has 8 heteroatoms. The van der Waals surface area contributed by atoms with E-state index in [1.54, 1.807) is 0 Å². The van der Waals surface area contributed by atoms with Crippen LogP contribution in [0.15, 0.2) is 24.3 Å². The van der Waals surface area contributed by atoms with E-state index in [1.165, 1.54) is 31.4 Å². The van der Waals surface area contributed by atoms with Gasteiger partial charge in [0.15, 0.2) is 15.1 Å². The van der Waals surface area contributed by atoms with E-state index in [1.807, 2.05) is 0 Å². The summed E-state index contributed by atoms with van der Waals surface area (Å²) in [7, 11) is -2.65. The van der Waals surface area contributed by atoms with Gasteiger partial charge in [-0.2, -0.15) is 0 Å². The van der Waals surface area contributed by atoms with E-state index in [9.17, 15) is 18.0 Å². The van der Waals surface area contributed by atoms with Gasteiger partial charge in [-0.15, -0.1) is 0 Å². The lowest BCUT2D eigenvalue weighted by molar-refractivity contribution is -0.143. The van der Waals surface area contributed by atoms with Crippen LogP contribution < -0.4 is 4.74 Å². The molecule has 0 radical (unpaired) electrons. The molecule has 0 aromatic heterocycles. The molecule has 0 fully saturated rings. The summed E-state index contributed by atoms with van der Waals surface area (Å²) in [6.45, 7) is 0. The van der Waals surface area contributed by atoms with Crippen LogP contribution in [0.25, 0.3) is 0 Å². The first-order chi connectivity index (χ1) is 9.26. The number of rotatable bonds is 7. The Labute approximate surface area is 115 Å². The zero-order valence-corrected chi connectivity index (χ0v) is 11.5. The molecule has 0 aliphatic carbocycles. The molecule has 0 aliphatic rings. The van der Waals surface area contributed by atoms with Gasteiger partial charge in [0, 0.05) is 0 Å². The molecule has 0 saturated heterocycles. The minimum absolute atomic E-state index is 0.363. The lowest BCUT2D eigenvalue weighted by atomic mass is 10.2. The highest BCUT2D eigenvalue weighted by Crippen LogP contribution is 2.17. The normalized spacial score (nSPS) is 12.7. The first-order valence-electron chi connectivity index (χ1n) is 5.55. The van der Waals surface area contributed by atoms with Gasteiger partial charge in [0.25, 0.3) is 0 Å². The van der Waals surface area contributed by atoms with E-state index in [0.29, 0.717) is 11.3 Å². The molecule has 1 aromatic rings. The topological polar surface area (TPSA) is 118 Å². The van der Waals surface area contributed by atoms with Gasteiger partial charge in [-0.05, 0) is 17.7 Å². The predicted octanol–water partition coefficient (Wildman–Crippen LogP) is 0.538. The van der Waals surface area contributed by atoms with Crippen LogP contribution in [-0.4, -0.2) is 42.9 Å². The van der Waals surface area contributed by atoms with Crippen molar-refractivity contribution in [2.45, 2.75) is 17.4 Å². The Hall–Kier alpha value is -2.09. The molecule has 7 nitrogen and oxygen atoms in total. The van der Waals surface area contributed by atoms with Gasteiger partial charge in [-0.3, -0.25) is 9.59 Å². The molecule has 110 valence electrons. The molecule has 0 saturated carbocycles. The van der Waals surface area contributed by atoms with E-state index in [-0.39, 0.29) is 0 Å². The fraction of sp³-hybridized carbons (Fsp3) is 0.333. The minimum Gasteiger partial charge on any atom is -0.497 e. The quantitative estimate of drug-likeness (QED) is 0.754. The van der Waals surface area contributed by atoms with Crippen molar-refractivity contribution < 1.29 is 33.0 Å². The summed E-state index contributed by atoms with van der Waals surface area (Å²) in [4.78, 5) is 21.5. The lowest BCUT2D eigenvalue weighted by Crippen LogP contribution is -2.33. The number of carboxylic acids is 2. The fourth-order valence-corrected chi connectivity index (χ4v) is 3.14. The van der Waals surface area contributed by atoms with E-state index in [0.717, 1.165) is 0 Å². The first kappa shape index (κ1) is 16.0. The average Bonchev–Trinajstić information content (AvgIpc) is 2.35. The Bertz CT molecular complexity index is 589. The number of methoxy groups -OCH3 is 1. The third-order valence-electron chi connectivity index (χ3n) is 2.60. The van der Waals surface area contributed by atoms with Crippen molar-refractivity contribution in [1.82, 2.24) is 0 Å². The molecule has 2 N–H and O–H groups in total. The summed E-state index contributed by atoms with van der Waals surface area (Å²) in [6, 6.07) is 6.04. The van der Waals surface area contributed by atoms with Crippen molar-refractivity contribution >= 4 is 21.8 Å². The third kappa shape index (κ3) is 4.23. The summed E-state index contributed by atoms with van der Waals surface area (Å²) >= 11 is 0. The van der Waals surface area contributed by atoms with Crippen molar-refractivity contribution in [3.8, 4) is 5.75 Å². The Morgan fingerprint density at radius 3 is 2.15 bits per heavy atom. The van der Waals surface area contributed by atoms with Gasteiger partial charge in [0.05, 0.1) is 19.3 Å². The molecular weight excluding hydrogens is 288 g/mol. The Kier molecular flexibility index (Phi) is 5.09. The Morgan fingerprint density at radius 2 is 1.75 bits per heavy atom. The number of hydrogen-bond donors (Lipinski definition) is 2. The average molecular weight is 302 g/mol. The van der Waals surface area contributed by atoms with Crippen LogP contribution in [0.3, 0.4) is 0 Å². The highest BCUT2D eigenvalue weighted by molar-refractivity contribution is 7.92. The van der Waals surface area contributed by atoms with Gasteiger partial charge in [-0.25, -0.2) is 8.42 Å². The molecule has 0 heterocycles. The van der Waals surface area contributed by atoms with E-state index < -0.39 is 39.2 Å². The van der Waals surface area contributed by atoms with Crippen molar-refractivity contribution in [1.29, 1.82) is 0 Å². The second-order valence-electron chi connectivity index (χ2n) is 4.08. The maximum absolute atomic E-state index is 12.0. The summed E-state index contributed by atoms with van der Waals surface area (Å²) in [6.07, 6.45) is -0.964. The summed E-state index contributed by atoms with van der Waals surface area (Å²) < 4.78 is 28.8. The SMILES string of the molecule is COc1ccc(CS(=O)(=O)[C@@H](CC(=O)O)C(=O)O)cc1. The van der Waals surface area contributed by atoms with Crippen molar-refractivity contribution in [2.75, 3.05) is 7.11 Å². The van der Waals surface area contributed by atoms with E-state index in [4.69, 9.17) is 14.9 Å². The maximum Gasteiger partial charge on any atom is 0.322 e. The zero-order chi connectivity index (χ0) is 15.3. The predicted molar refractivity (Wildman–Crippen MR) is 69.3 cm³/mol. The van der Waals surface area contributed by atoms with Crippen molar-refractivity contribution in [2.24, 2.45) is 0 Å². The van der Waals surface area contributed by atoms with Crippen LogP contribution in [0.5, 0.6) is 5.75 Å². The van der Waals surface area contributed by atoms with Gasteiger partial charge < -0.3 is 14.9 Å². The van der Waals surface area contributed by atoms with Crippen LogP contribution in [-0.2, 0) is 25.2 Å². The number of hydrogen-bond acceptors (Lipinski definition) is 5. The molecule has 0 spiro atoms. The van der Waals surface area contributed by atoms with Crippen LogP contribution in [0.2, 0.25) is 0 Å². The first-order valence-corrected chi connectivity index (χ1v) is 7.27. The number of carboxylic acid groups (broad SMARTS) is 2. The van der Waals surface area contributed by atoms with Crippen LogP contribution in [0, 0.1) is 0 Å². The van der Waals surface area contributed by atoms with Crippen LogP contribution in [0.4, 0.5) is 0 Å². The molecule has 1 aromatic carbocycles. The number of carbonyl (C=O) groups is 2. The second-order valence-corrected chi connectivity index (χ2v) is 6.26. The summed E-state index contributed by atoms with van der Waals surface area (Å²) in [5.41, 5.74) is 0.363. The van der Waals surface area contributed by atoms with Gasteiger partial charge in [0.1, 0.15) is 5.75 Å². The molecule has 20 heavy (non-hydrogen) atoms. The second kappa shape index (κ2) is 6.38. The summed E-state index contributed by atoms with van der Waals surface area (Å²) in [5.74, 6) is -3.15. The lowest BCUT2D eigenvalue weighted by Gasteiger charge is -2.11. The third-order valence-corrected chi connectivity index (χ3v) is 4.57. The van der Waals surface area contributed by atoms with Crippen LogP contribution >= 0.6 is 0 Å². The number of aliphatic carboxylic acids is 2. The van der Waals surface area contributed by atoms with Gasteiger partial charge in [0.2, 0.25) is 0 Å². The monoisotopic (exact) mass is 302 g/mol. The number of benzene rings is 1. The molecule has 0 amide bonds. The van der Waals surface area contributed by atoms with Crippen LogP contribution in [0.1, 0.15) is 12.0 Å². The molecule has 0 bridgehead atoms. The number of ether oxygens (including phenoxy) is 1. The minimum atomic E-state index is -4.11. The number of sulfone groups is 1. The zero-order valence-electron chi connectivity index (χ0n) is 10.6. The molecule has 0 unspecified atom stereocenters. The maximum atomic E-state index is 12.0.